The zero-order valence-electron chi connectivity index (χ0n) is 12.0. The molecule has 89 valence electrons. The Bertz CT molecular complexity index is 25.8. The van der Waals surface area contributed by atoms with Gasteiger partial charge in [0.05, 0.1) is 0 Å². The number of hydrogen-bond acceptors (Lipinski definition) is 0. The van der Waals surface area contributed by atoms with Crippen molar-refractivity contribution in [2.45, 2.75) is 69.2 Å². The molecule has 0 nitrogen and oxygen atoms in total. The van der Waals surface area contributed by atoms with Crippen molar-refractivity contribution in [2.24, 2.45) is 0 Å². The van der Waals surface area contributed by atoms with Crippen LogP contribution < -0.4 is 0 Å². The molecule has 0 saturated carbocycles. The van der Waals surface area contributed by atoms with E-state index in [1.54, 1.807) is 0 Å². The molecule has 2 heteroatoms. The largest absolute Gasteiger partial charge is 0.323 e. The van der Waals surface area contributed by atoms with Crippen molar-refractivity contribution in [3.8, 4) is 0 Å². The Labute approximate surface area is 134 Å². The third kappa shape index (κ3) is 703. The molecule has 0 bridgehead atoms. The molecule has 0 atom stereocenters. The Balaban J connectivity index is -0.0000000153. The maximum Gasteiger partial charge on any atom is 0 e. The van der Waals surface area contributed by atoms with Crippen LogP contribution >= 0.6 is 0 Å². The first-order chi connectivity index (χ1) is 5.46. The van der Waals surface area contributed by atoms with Gasteiger partial charge in [-0.2, -0.15) is 41.5 Å². The van der Waals surface area contributed by atoms with Gasteiger partial charge in [0.2, 0.25) is 0 Å². The molecular formula is C12H30WY-2. The summed E-state index contributed by atoms with van der Waals surface area (Å²) in [6, 6.07) is 0. The van der Waals surface area contributed by atoms with Gasteiger partial charge in [-0.15, -0.1) is 0 Å². The van der Waals surface area contributed by atoms with E-state index in [9.17, 15) is 0 Å². The van der Waals surface area contributed by atoms with Gasteiger partial charge in [0.1, 0.15) is 0 Å². The maximum absolute atomic E-state index is 2.08. The maximum atomic E-state index is 2.08. The van der Waals surface area contributed by atoms with Crippen LogP contribution in [0.2, 0.25) is 0 Å². The SMILES string of the molecule is CC.CC.C[C-](C)C.C[C-](C)C.[W].[Y]. The fourth-order valence-electron chi connectivity index (χ4n) is 0. The number of hydrogen-bond donors (Lipinski definition) is 0. The van der Waals surface area contributed by atoms with Crippen molar-refractivity contribution >= 4 is 0 Å². The zero-order valence-corrected chi connectivity index (χ0v) is 17.8. The molecule has 0 aromatic heterocycles. The van der Waals surface area contributed by atoms with Crippen LogP contribution in [0.1, 0.15) is 69.2 Å². The molecule has 1 radical (unpaired) electrons. The third-order valence-corrected chi connectivity index (χ3v) is 0. The van der Waals surface area contributed by atoms with Crippen molar-refractivity contribution in [1.82, 2.24) is 0 Å². The Kier molecular flexibility index (Phi) is 119. The van der Waals surface area contributed by atoms with Crippen LogP contribution in [0.5, 0.6) is 0 Å². The standard InChI is InChI=1S/2C4H9.2C2H6.W.Y/c2*1-4(2)3;2*1-2;;/h2*1-3H3;2*1-2H3;;/q2*-1;;;;. The van der Waals surface area contributed by atoms with Gasteiger partial charge in [-0.05, 0) is 0 Å². The van der Waals surface area contributed by atoms with E-state index < -0.39 is 0 Å². The first-order valence-electron chi connectivity index (χ1n) is 5.00. The topological polar surface area (TPSA) is 0 Å². The predicted molar refractivity (Wildman–Crippen MR) is 63.2 cm³/mol. The molecule has 0 aromatic rings. The summed E-state index contributed by atoms with van der Waals surface area (Å²) in [6.07, 6.45) is 0. The summed E-state index contributed by atoms with van der Waals surface area (Å²) >= 11 is 0. The molecule has 0 heterocycles. The Hall–Kier alpha value is 1.79. The van der Waals surface area contributed by atoms with Crippen LogP contribution in [-0.2, 0) is 53.8 Å². The summed E-state index contributed by atoms with van der Waals surface area (Å²) in [4.78, 5) is 0. The molecule has 0 saturated heterocycles. The summed E-state index contributed by atoms with van der Waals surface area (Å²) in [5.74, 6) is 2.83. The van der Waals surface area contributed by atoms with Crippen LogP contribution in [0, 0.1) is 11.8 Å². The summed E-state index contributed by atoms with van der Waals surface area (Å²) in [7, 11) is 0. The van der Waals surface area contributed by atoms with Gasteiger partial charge in [0.15, 0.2) is 0 Å². The minimum Gasteiger partial charge on any atom is -0.323 e. The van der Waals surface area contributed by atoms with E-state index in [1.807, 2.05) is 27.7 Å². The van der Waals surface area contributed by atoms with Gasteiger partial charge in [-0.3, -0.25) is 0 Å². The molecule has 14 heavy (non-hydrogen) atoms. The van der Waals surface area contributed by atoms with Gasteiger partial charge in [0, 0.05) is 53.8 Å². The van der Waals surface area contributed by atoms with Crippen molar-refractivity contribution in [2.75, 3.05) is 0 Å². The zero-order chi connectivity index (χ0) is 11.2. The van der Waals surface area contributed by atoms with E-state index in [-0.39, 0.29) is 53.8 Å². The molecule has 0 aromatic carbocycles. The Morgan fingerprint density at radius 3 is 0.500 bits per heavy atom. The second-order valence-corrected chi connectivity index (χ2v) is 3.00. The van der Waals surface area contributed by atoms with Gasteiger partial charge in [-0.1, -0.05) is 27.7 Å². The van der Waals surface area contributed by atoms with Crippen LogP contribution in [0.15, 0.2) is 0 Å². The summed E-state index contributed by atoms with van der Waals surface area (Å²) in [5.41, 5.74) is 0. The Morgan fingerprint density at radius 1 is 0.500 bits per heavy atom. The second-order valence-electron chi connectivity index (χ2n) is 3.00. The predicted octanol–water partition coefficient (Wildman–Crippen LogP) is 5.29. The van der Waals surface area contributed by atoms with Crippen molar-refractivity contribution in [3.63, 3.8) is 0 Å². The fourth-order valence-corrected chi connectivity index (χ4v) is 0. The van der Waals surface area contributed by atoms with E-state index in [2.05, 4.69) is 41.5 Å². The molecule has 0 N–H and O–H groups in total. The molecule has 0 aliphatic heterocycles. The monoisotopic (exact) mass is 447 g/mol. The van der Waals surface area contributed by atoms with E-state index in [4.69, 9.17) is 0 Å². The van der Waals surface area contributed by atoms with E-state index in [1.165, 1.54) is 11.8 Å². The first-order valence-corrected chi connectivity index (χ1v) is 5.00. The van der Waals surface area contributed by atoms with Crippen LogP contribution in [0.4, 0.5) is 0 Å². The first kappa shape index (κ1) is 36.0. The molecule has 0 amide bonds. The molecule has 0 fully saturated rings. The summed E-state index contributed by atoms with van der Waals surface area (Å²) in [5, 5.41) is 0. The van der Waals surface area contributed by atoms with Crippen LogP contribution in [-0.4, -0.2) is 0 Å². The van der Waals surface area contributed by atoms with Crippen molar-refractivity contribution < 1.29 is 53.8 Å². The van der Waals surface area contributed by atoms with Gasteiger partial charge >= 0.3 is 0 Å². The van der Waals surface area contributed by atoms with E-state index in [0.29, 0.717) is 0 Å². The molecule has 0 spiro atoms. The third-order valence-electron chi connectivity index (χ3n) is 0. The van der Waals surface area contributed by atoms with Crippen molar-refractivity contribution in [3.05, 3.63) is 11.8 Å². The second kappa shape index (κ2) is 46.3. The minimum atomic E-state index is 0. The normalized spacial score (nSPS) is 6.00. The van der Waals surface area contributed by atoms with Crippen LogP contribution in [0.25, 0.3) is 0 Å². The smallest absolute Gasteiger partial charge is 0 e. The average Bonchev–Trinajstić information content (AvgIpc) is 1.93. The molecule has 0 rings (SSSR count). The summed E-state index contributed by atoms with van der Waals surface area (Å²) < 4.78 is 0. The summed E-state index contributed by atoms with van der Waals surface area (Å²) in [6.45, 7) is 20.5. The van der Waals surface area contributed by atoms with Gasteiger partial charge < -0.3 is 11.8 Å². The number of rotatable bonds is 0. The molecule has 0 aliphatic carbocycles. The average molecular weight is 447 g/mol. The molecule has 0 aliphatic rings. The fraction of sp³-hybridized carbons (Fsp3) is 0.833. The van der Waals surface area contributed by atoms with Gasteiger partial charge in [0.25, 0.3) is 0 Å². The van der Waals surface area contributed by atoms with E-state index >= 15 is 0 Å². The van der Waals surface area contributed by atoms with Crippen LogP contribution in [0.3, 0.4) is 0 Å². The van der Waals surface area contributed by atoms with E-state index in [0.717, 1.165) is 0 Å². The Morgan fingerprint density at radius 2 is 0.500 bits per heavy atom. The quantitative estimate of drug-likeness (QED) is 0.443. The molecule has 0 unspecified atom stereocenters. The van der Waals surface area contributed by atoms with Gasteiger partial charge in [-0.25, -0.2) is 0 Å². The van der Waals surface area contributed by atoms with Crippen molar-refractivity contribution in [1.29, 1.82) is 0 Å². The minimum absolute atomic E-state index is 0. The molecular weight excluding hydrogens is 417 g/mol.